The summed E-state index contributed by atoms with van der Waals surface area (Å²) >= 11 is 5.00. The number of hydrogen-bond donors (Lipinski definition) is 1. The maximum atomic E-state index is 11.6. The molecule has 0 saturated heterocycles. The lowest BCUT2D eigenvalue weighted by atomic mass is 9.88. The van der Waals surface area contributed by atoms with Crippen LogP contribution in [0.15, 0.2) is 17.1 Å². The van der Waals surface area contributed by atoms with E-state index in [0.29, 0.717) is 11.5 Å². The maximum Gasteiger partial charge on any atom is 0.266 e. The summed E-state index contributed by atoms with van der Waals surface area (Å²) in [7, 11) is 0. The second-order valence-corrected chi connectivity index (χ2v) is 5.39. The van der Waals surface area contributed by atoms with Crippen LogP contribution in [0, 0.1) is 12.3 Å². The van der Waals surface area contributed by atoms with Gasteiger partial charge in [0.25, 0.3) is 5.56 Å². The maximum absolute atomic E-state index is 11.6. The summed E-state index contributed by atoms with van der Waals surface area (Å²) in [4.78, 5) is 12.1. The number of nitrogens with zero attached hydrogens (tertiary/aromatic N) is 2. The minimum atomic E-state index is -0.163. The van der Waals surface area contributed by atoms with Gasteiger partial charge in [0, 0.05) is 18.0 Å². The van der Waals surface area contributed by atoms with E-state index in [1.807, 2.05) is 20.8 Å². The molecular weight excluding hydrogens is 234 g/mol. The van der Waals surface area contributed by atoms with Crippen molar-refractivity contribution in [2.45, 2.75) is 40.2 Å². The Balaban J connectivity index is 2.58. The number of nitrogens with two attached hydrogens (primary N) is 1. The lowest BCUT2D eigenvalue weighted by molar-refractivity contribution is 0.419. The van der Waals surface area contributed by atoms with Crippen molar-refractivity contribution in [3.8, 4) is 0 Å². The highest BCUT2D eigenvalue weighted by atomic mass is 32.1. The predicted octanol–water partition coefficient (Wildman–Crippen LogP) is 1.64. The molecule has 0 amide bonds. The zero-order valence-electron chi connectivity index (χ0n) is 10.6. The standard InChI is InChI=1S/C12H19N3OS/c1-9-7-10(16)15(14-8-9)6-4-5-12(2,3)11(13)17/h7-8H,4-6H2,1-3H3,(H2,13,17). The summed E-state index contributed by atoms with van der Waals surface area (Å²) < 4.78 is 1.47. The van der Waals surface area contributed by atoms with Gasteiger partial charge in [0.15, 0.2) is 0 Å². The fourth-order valence-electron chi connectivity index (χ4n) is 1.49. The summed E-state index contributed by atoms with van der Waals surface area (Å²) in [5.74, 6) is 0. The lowest BCUT2D eigenvalue weighted by Crippen LogP contribution is -2.30. The Kier molecular flexibility index (Phi) is 4.40. The molecule has 0 unspecified atom stereocenters. The molecule has 0 aliphatic rings. The largest absolute Gasteiger partial charge is 0.393 e. The Morgan fingerprint density at radius 1 is 1.59 bits per heavy atom. The first-order valence-corrected chi connectivity index (χ1v) is 6.07. The van der Waals surface area contributed by atoms with E-state index in [1.54, 1.807) is 12.3 Å². The van der Waals surface area contributed by atoms with Gasteiger partial charge in [-0.15, -0.1) is 0 Å². The van der Waals surface area contributed by atoms with Crippen molar-refractivity contribution in [3.05, 3.63) is 28.2 Å². The molecule has 2 N–H and O–H groups in total. The quantitative estimate of drug-likeness (QED) is 0.810. The fourth-order valence-corrected chi connectivity index (χ4v) is 1.59. The molecule has 0 saturated carbocycles. The average molecular weight is 253 g/mol. The molecule has 1 rings (SSSR count). The van der Waals surface area contributed by atoms with E-state index >= 15 is 0 Å². The summed E-state index contributed by atoms with van der Waals surface area (Å²) in [6.45, 7) is 6.49. The van der Waals surface area contributed by atoms with Crippen LogP contribution in [0.4, 0.5) is 0 Å². The molecule has 0 aliphatic carbocycles. The van der Waals surface area contributed by atoms with Crippen molar-refractivity contribution in [1.29, 1.82) is 0 Å². The monoisotopic (exact) mass is 253 g/mol. The van der Waals surface area contributed by atoms with Gasteiger partial charge in [0.05, 0.1) is 11.2 Å². The van der Waals surface area contributed by atoms with Gasteiger partial charge >= 0.3 is 0 Å². The first kappa shape index (κ1) is 13.8. The average Bonchev–Trinajstić information content (AvgIpc) is 2.21. The smallest absolute Gasteiger partial charge is 0.266 e. The Bertz CT molecular complexity index is 465. The van der Waals surface area contributed by atoms with E-state index in [4.69, 9.17) is 18.0 Å². The molecular formula is C12H19N3OS. The van der Waals surface area contributed by atoms with E-state index in [-0.39, 0.29) is 11.0 Å². The molecule has 0 atom stereocenters. The number of aryl methyl sites for hydroxylation is 2. The third-order valence-corrected chi connectivity index (χ3v) is 3.40. The second-order valence-electron chi connectivity index (χ2n) is 4.95. The third-order valence-electron chi connectivity index (χ3n) is 2.85. The van der Waals surface area contributed by atoms with Crippen LogP contribution in [-0.4, -0.2) is 14.8 Å². The van der Waals surface area contributed by atoms with Crippen molar-refractivity contribution in [1.82, 2.24) is 9.78 Å². The van der Waals surface area contributed by atoms with E-state index in [2.05, 4.69) is 5.10 Å². The Morgan fingerprint density at radius 3 is 2.76 bits per heavy atom. The molecule has 94 valence electrons. The van der Waals surface area contributed by atoms with Gasteiger partial charge in [-0.25, -0.2) is 4.68 Å². The summed E-state index contributed by atoms with van der Waals surface area (Å²) in [5.41, 5.74) is 6.31. The Morgan fingerprint density at radius 2 is 2.24 bits per heavy atom. The van der Waals surface area contributed by atoms with Crippen LogP contribution in [0.25, 0.3) is 0 Å². The number of rotatable bonds is 5. The summed E-state index contributed by atoms with van der Waals surface area (Å²) in [6.07, 6.45) is 3.38. The van der Waals surface area contributed by atoms with Gasteiger partial charge in [-0.05, 0) is 25.3 Å². The van der Waals surface area contributed by atoms with Crippen LogP contribution in [0.5, 0.6) is 0 Å². The SMILES string of the molecule is Cc1cnn(CCCC(C)(C)C(N)=S)c(=O)c1. The van der Waals surface area contributed by atoms with E-state index in [0.717, 1.165) is 18.4 Å². The molecule has 5 heteroatoms. The topological polar surface area (TPSA) is 60.9 Å². The molecule has 0 spiro atoms. The Hall–Kier alpha value is -1.23. The van der Waals surface area contributed by atoms with Gasteiger partial charge in [0.1, 0.15) is 0 Å². The van der Waals surface area contributed by atoms with Crippen molar-refractivity contribution in [2.75, 3.05) is 0 Å². The minimum absolute atomic E-state index is 0.0573. The van der Waals surface area contributed by atoms with Gasteiger partial charge in [-0.1, -0.05) is 26.1 Å². The molecule has 0 bridgehead atoms. The summed E-state index contributed by atoms with van der Waals surface area (Å²) in [5, 5.41) is 4.08. The second kappa shape index (κ2) is 5.40. The van der Waals surface area contributed by atoms with Gasteiger partial charge in [0.2, 0.25) is 0 Å². The molecule has 0 aromatic carbocycles. The molecule has 1 heterocycles. The van der Waals surface area contributed by atoms with Crippen molar-refractivity contribution >= 4 is 17.2 Å². The number of aromatic nitrogens is 2. The highest BCUT2D eigenvalue weighted by Crippen LogP contribution is 2.22. The van der Waals surface area contributed by atoms with Crippen LogP contribution in [-0.2, 0) is 6.54 Å². The number of thiocarbonyl (C=S) groups is 1. The molecule has 4 nitrogen and oxygen atoms in total. The zero-order chi connectivity index (χ0) is 13.1. The van der Waals surface area contributed by atoms with Crippen molar-refractivity contribution in [2.24, 2.45) is 11.1 Å². The van der Waals surface area contributed by atoms with E-state index in [9.17, 15) is 4.79 Å². The van der Waals surface area contributed by atoms with Crippen LogP contribution in [0.3, 0.4) is 0 Å². The van der Waals surface area contributed by atoms with Crippen LogP contribution in [0.2, 0.25) is 0 Å². The Labute approximate surface area is 107 Å². The molecule has 0 radical (unpaired) electrons. The highest BCUT2D eigenvalue weighted by Gasteiger charge is 2.20. The fraction of sp³-hybridized carbons (Fsp3) is 0.583. The minimum Gasteiger partial charge on any atom is -0.393 e. The lowest BCUT2D eigenvalue weighted by Gasteiger charge is -2.22. The van der Waals surface area contributed by atoms with Crippen LogP contribution >= 0.6 is 12.2 Å². The first-order chi connectivity index (χ1) is 7.83. The molecule has 0 fully saturated rings. The number of hydrogen-bond acceptors (Lipinski definition) is 3. The van der Waals surface area contributed by atoms with E-state index < -0.39 is 0 Å². The molecule has 1 aromatic heterocycles. The summed E-state index contributed by atoms with van der Waals surface area (Å²) in [6, 6.07) is 1.59. The van der Waals surface area contributed by atoms with Crippen molar-refractivity contribution in [3.63, 3.8) is 0 Å². The van der Waals surface area contributed by atoms with Crippen LogP contribution < -0.4 is 11.3 Å². The highest BCUT2D eigenvalue weighted by molar-refractivity contribution is 7.80. The van der Waals surface area contributed by atoms with Gasteiger partial charge < -0.3 is 5.73 Å². The van der Waals surface area contributed by atoms with E-state index in [1.165, 1.54) is 4.68 Å². The first-order valence-electron chi connectivity index (χ1n) is 5.66. The third kappa shape index (κ3) is 3.93. The zero-order valence-corrected chi connectivity index (χ0v) is 11.4. The van der Waals surface area contributed by atoms with Gasteiger partial charge in [-0.3, -0.25) is 4.79 Å². The molecule has 0 aliphatic heterocycles. The van der Waals surface area contributed by atoms with Crippen molar-refractivity contribution < 1.29 is 0 Å². The molecule has 17 heavy (non-hydrogen) atoms. The molecule has 1 aromatic rings. The van der Waals surface area contributed by atoms with Gasteiger partial charge in [-0.2, -0.15) is 5.10 Å². The van der Waals surface area contributed by atoms with Crippen LogP contribution in [0.1, 0.15) is 32.3 Å². The predicted molar refractivity (Wildman–Crippen MR) is 73.0 cm³/mol. The normalized spacial score (nSPS) is 11.5.